The van der Waals surface area contributed by atoms with E-state index in [9.17, 15) is 5.26 Å². The zero-order chi connectivity index (χ0) is 29.8. The van der Waals surface area contributed by atoms with Crippen molar-refractivity contribution in [3.8, 4) is 62.0 Å². The molecular formula is C40H28N4. The van der Waals surface area contributed by atoms with Gasteiger partial charge in [-0.05, 0) is 92.0 Å². The molecule has 208 valence electrons. The van der Waals surface area contributed by atoms with Crippen molar-refractivity contribution in [3.63, 3.8) is 0 Å². The van der Waals surface area contributed by atoms with Crippen LogP contribution in [-0.2, 0) is 5.41 Å². The summed E-state index contributed by atoms with van der Waals surface area (Å²) in [5.74, 6) is 0.722. The van der Waals surface area contributed by atoms with Crippen LogP contribution < -0.4 is 0 Å². The van der Waals surface area contributed by atoms with Crippen molar-refractivity contribution < 1.29 is 0 Å². The Hall–Kier alpha value is -5.79. The number of rotatable bonds is 4. The molecule has 1 aliphatic rings. The van der Waals surface area contributed by atoms with Gasteiger partial charge >= 0.3 is 0 Å². The number of hydrogen-bond acceptors (Lipinski definition) is 3. The topological polar surface area (TPSA) is 54.0 Å². The van der Waals surface area contributed by atoms with Gasteiger partial charge < -0.3 is 0 Å². The van der Waals surface area contributed by atoms with Crippen LogP contribution in [0, 0.1) is 11.3 Å². The Bertz CT molecular complexity index is 2210. The smallest absolute Gasteiger partial charge is 0.182 e. The third-order valence-electron chi connectivity index (χ3n) is 8.94. The molecule has 4 nitrogen and oxygen atoms in total. The van der Waals surface area contributed by atoms with E-state index in [1.807, 2.05) is 36.5 Å². The molecule has 7 aromatic rings. The fourth-order valence-corrected chi connectivity index (χ4v) is 6.49. The van der Waals surface area contributed by atoms with Gasteiger partial charge in [0.25, 0.3) is 0 Å². The van der Waals surface area contributed by atoms with E-state index in [1.54, 1.807) is 4.52 Å². The average Bonchev–Trinajstić information content (AvgIpc) is 3.61. The van der Waals surface area contributed by atoms with E-state index in [2.05, 4.69) is 127 Å². The zero-order valence-electron chi connectivity index (χ0n) is 24.5. The van der Waals surface area contributed by atoms with Crippen LogP contribution in [0.15, 0.2) is 134 Å². The minimum atomic E-state index is -0.155. The van der Waals surface area contributed by atoms with Crippen molar-refractivity contribution in [3.05, 3.63) is 150 Å². The molecular weight excluding hydrogens is 536 g/mol. The Balaban J connectivity index is 1.04. The summed E-state index contributed by atoms with van der Waals surface area (Å²) in [6, 6.07) is 46.9. The third kappa shape index (κ3) is 4.21. The second-order valence-corrected chi connectivity index (χ2v) is 11.9. The van der Waals surface area contributed by atoms with E-state index in [0.717, 1.165) is 28.2 Å². The molecule has 0 N–H and O–H groups in total. The van der Waals surface area contributed by atoms with Crippen LogP contribution in [0.1, 0.15) is 30.5 Å². The van der Waals surface area contributed by atoms with E-state index in [1.165, 1.54) is 44.5 Å². The first-order valence-corrected chi connectivity index (χ1v) is 14.8. The van der Waals surface area contributed by atoms with Crippen molar-refractivity contribution in [2.45, 2.75) is 19.3 Å². The third-order valence-corrected chi connectivity index (χ3v) is 8.94. The van der Waals surface area contributed by atoms with Crippen molar-refractivity contribution in [2.75, 3.05) is 0 Å². The fourth-order valence-electron chi connectivity index (χ4n) is 6.49. The highest BCUT2D eigenvalue weighted by Gasteiger charge is 2.35. The van der Waals surface area contributed by atoms with Crippen LogP contribution >= 0.6 is 0 Å². The Morgan fingerprint density at radius 1 is 0.568 bits per heavy atom. The standard InChI is InChI=1S/C40H28N4/c1-40(2)36-22-26(25-41)9-19-34(36)35-20-18-32(24-37(35)40)30-16-12-28(13-17-30)27-10-14-29(15-11-27)31-6-5-7-33(23-31)39-42-38-8-3-4-21-44(38)43-39/h3-24H,1-2H3. The van der Waals surface area contributed by atoms with E-state index < -0.39 is 0 Å². The number of benzene rings is 5. The number of fused-ring (bicyclic) bond motifs is 4. The zero-order valence-corrected chi connectivity index (χ0v) is 24.5. The van der Waals surface area contributed by atoms with Gasteiger partial charge in [-0.2, -0.15) is 5.26 Å². The summed E-state index contributed by atoms with van der Waals surface area (Å²) >= 11 is 0. The SMILES string of the molecule is CC1(C)c2cc(C#N)ccc2-c2ccc(-c3ccc(-c4ccc(-c5cccc(-c6nc7ccccn7n6)c5)cc4)cc3)cc21. The Kier molecular flexibility index (Phi) is 5.82. The van der Waals surface area contributed by atoms with Crippen LogP contribution in [0.25, 0.3) is 61.5 Å². The van der Waals surface area contributed by atoms with Gasteiger partial charge in [-0.1, -0.05) is 105 Å². The molecule has 0 amide bonds. The molecule has 4 heteroatoms. The molecule has 0 atom stereocenters. The predicted octanol–water partition coefficient (Wildman–Crippen LogP) is 9.58. The molecule has 0 fully saturated rings. The molecule has 1 aliphatic carbocycles. The van der Waals surface area contributed by atoms with Gasteiger partial charge in [-0.3, -0.25) is 0 Å². The molecule has 44 heavy (non-hydrogen) atoms. The van der Waals surface area contributed by atoms with E-state index in [-0.39, 0.29) is 5.41 Å². The van der Waals surface area contributed by atoms with Gasteiger partial charge in [0.1, 0.15) is 0 Å². The monoisotopic (exact) mass is 564 g/mol. The summed E-state index contributed by atoms with van der Waals surface area (Å²) in [4.78, 5) is 4.68. The molecule has 2 aromatic heterocycles. The molecule has 0 saturated heterocycles. The van der Waals surface area contributed by atoms with E-state index in [4.69, 9.17) is 0 Å². The molecule has 0 radical (unpaired) electrons. The lowest BCUT2D eigenvalue weighted by Crippen LogP contribution is -2.15. The molecule has 0 unspecified atom stereocenters. The van der Waals surface area contributed by atoms with Crippen molar-refractivity contribution in [2.24, 2.45) is 0 Å². The van der Waals surface area contributed by atoms with Crippen LogP contribution in [0.5, 0.6) is 0 Å². The number of aromatic nitrogens is 3. The normalized spacial score (nSPS) is 12.9. The molecule has 0 aliphatic heterocycles. The van der Waals surface area contributed by atoms with Crippen molar-refractivity contribution in [1.82, 2.24) is 14.6 Å². The van der Waals surface area contributed by atoms with Crippen LogP contribution in [0.2, 0.25) is 0 Å². The lowest BCUT2D eigenvalue weighted by atomic mass is 9.81. The highest BCUT2D eigenvalue weighted by atomic mass is 15.3. The van der Waals surface area contributed by atoms with E-state index >= 15 is 0 Å². The van der Waals surface area contributed by atoms with E-state index in [0.29, 0.717) is 5.56 Å². The first-order chi connectivity index (χ1) is 21.5. The minimum Gasteiger partial charge on any atom is -0.221 e. The second kappa shape index (κ2) is 9.90. The van der Waals surface area contributed by atoms with Crippen molar-refractivity contribution in [1.29, 1.82) is 5.26 Å². The highest BCUT2D eigenvalue weighted by molar-refractivity contribution is 5.84. The summed E-state index contributed by atoms with van der Waals surface area (Å²) in [6.07, 6.45) is 1.92. The van der Waals surface area contributed by atoms with Gasteiger partial charge in [0.15, 0.2) is 11.5 Å². The lowest BCUT2D eigenvalue weighted by Gasteiger charge is -2.22. The summed E-state index contributed by atoms with van der Waals surface area (Å²) < 4.78 is 1.80. The summed E-state index contributed by atoms with van der Waals surface area (Å²) in [6.45, 7) is 4.50. The Labute approximate surface area is 256 Å². The predicted molar refractivity (Wildman–Crippen MR) is 177 cm³/mol. The van der Waals surface area contributed by atoms with Crippen LogP contribution in [0.4, 0.5) is 0 Å². The number of pyridine rings is 1. The average molecular weight is 565 g/mol. The molecule has 0 saturated carbocycles. The minimum absolute atomic E-state index is 0.155. The number of hydrogen-bond donors (Lipinski definition) is 0. The van der Waals surface area contributed by atoms with Crippen molar-refractivity contribution >= 4 is 5.65 Å². The first kappa shape index (κ1) is 25.9. The van der Waals surface area contributed by atoms with Crippen LogP contribution in [0.3, 0.4) is 0 Å². The first-order valence-electron chi connectivity index (χ1n) is 14.8. The summed E-state index contributed by atoms with van der Waals surface area (Å²) in [7, 11) is 0. The second-order valence-electron chi connectivity index (χ2n) is 11.9. The van der Waals surface area contributed by atoms with Gasteiger partial charge in [0, 0.05) is 17.2 Å². The highest BCUT2D eigenvalue weighted by Crippen LogP contribution is 2.50. The number of nitriles is 1. The maximum absolute atomic E-state index is 9.43. The Morgan fingerprint density at radius 2 is 1.14 bits per heavy atom. The van der Waals surface area contributed by atoms with Gasteiger partial charge in [-0.15, -0.1) is 5.10 Å². The Morgan fingerprint density at radius 3 is 1.80 bits per heavy atom. The molecule has 0 bridgehead atoms. The lowest BCUT2D eigenvalue weighted by molar-refractivity contribution is 0.660. The molecule has 8 rings (SSSR count). The van der Waals surface area contributed by atoms with Gasteiger partial charge in [0.05, 0.1) is 11.6 Å². The largest absolute Gasteiger partial charge is 0.221 e. The maximum atomic E-state index is 9.43. The van der Waals surface area contributed by atoms with Crippen LogP contribution in [-0.4, -0.2) is 14.6 Å². The molecule has 2 heterocycles. The summed E-state index contributed by atoms with van der Waals surface area (Å²) in [5, 5.41) is 14.1. The fraction of sp³-hybridized carbons (Fsp3) is 0.0750. The molecule has 5 aromatic carbocycles. The van der Waals surface area contributed by atoms with Gasteiger partial charge in [-0.25, -0.2) is 9.50 Å². The molecule has 0 spiro atoms. The van der Waals surface area contributed by atoms with Gasteiger partial charge in [0.2, 0.25) is 0 Å². The number of nitrogens with zero attached hydrogens (tertiary/aromatic N) is 4. The maximum Gasteiger partial charge on any atom is 0.182 e. The summed E-state index contributed by atoms with van der Waals surface area (Å²) in [5.41, 5.74) is 14.4. The quantitative estimate of drug-likeness (QED) is 0.214.